The highest BCUT2D eigenvalue weighted by Crippen LogP contribution is 2.41. The predicted molar refractivity (Wildman–Crippen MR) is 387 cm³/mol. The number of nitrogens with zero attached hydrogens (tertiary/aromatic N) is 4. The summed E-state index contributed by atoms with van der Waals surface area (Å²) >= 11 is 0. The zero-order chi connectivity index (χ0) is 78.1. The predicted octanol–water partition coefficient (Wildman–Crippen LogP) is 9.81. The second kappa shape index (κ2) is 35.1. The van der Waals surface area contributed by atoms with Gasteiger partial charge in [0.05, 0.1) is 93.3 Å². The van der Waals surface area contributed by atoms with E-state index in [1.54, 1.807) is 62.4 Å². The van der Waals surface area contributed by atoms with Crippen molar-refractivity contribution in [1.29, 1.82) is 0 Å². The zero-order valence-corrected chi connectivity index (χ0v) is 62.8. The molecule has 6 aliphatic heterocycles. The smallest absolute Gasteiger partial charge is 0.485 e. The van der Waals surface area contributed by atoms with E-state index in [1.807, 2.05) is 27.7 Å². The molecule has 35 heteroatoms. The minimum absolute atomic E-state index is 0.00188. The first-order valence-electron chi connectivity index (χ1n) is 36.2. The monoisotopic (exact) mass is 1570 g/mol. The summed E-state index contributed by atoms with van der Waals surface area (Å²) in [5.74, 6) is 0.555. The largest absolute Gasteiger partial charge is 0.519 e. The molecule has 0 saturated carbocycles. The fraction of sp³-hybridized carbons (Fsp3) is 0.480. The summed E-state index contributed by atoms with van der Waals surface area (Å²) in [5, 5.41) is 54.8. The number of ether oxygens (including phenoxy) is 14. The molecular formula is C75H88N6O27S2. The van der Waals surface area contributed by atoms with Crippen LogP contribution in [-0.4, -0.2) is 179 Å². The number of alkyl carbamates (subject to hydrolysis) is 2. The van der Waals surface area contributed by atoms with Gasteiger partial charge in [-0.25, -0.2) is 31.2 Å². The van der Waals surface area contributed by atoms with Gasteiger partial charge in [-0.05, 0) is 134 Å². The summed E-state index contributed by atoms with van der Waals surface area (Å²) in [6.45, 7) is 10.7. The fourth-order valence-corrected chi connectivity index (χ4v) is 17.2. The molecule has 4 N–H and O–H groups in total. The Morgan fingerprint density at radius 3 is 1.27 bits per heavy atom. The Hall–Kier alpha value is -9.69. The first-order chi connectivity index (χ1) is 52.7. The van der Waals surface area contributed by atoms with Crippen LogP contribution in [-0.2, 0) is 61.3 Å². The molecule has 12 rings (SSSR count). The molecule has 12 atom stereocenters. The lowest BCUT2D eigenvalue weighted by atomic mass is 10.0. The highest BCUT2D eigenvalue weighted by molar-refractivity contribution is 7.89. The first kappa shape index (κ1) is 79.8. The third-order valence-electron chi connectivity index (χ3n) is 19.4. The van der Waals surface area contributed by atoms with Crippen LogP contribution in [0.4, 0.5) is 25.8 Å². The van der Waals surface area contributed by atoms with Crippen molar-refractivity contribution in [2.45, 2.75) is 151 Å². The van der Waals surface area contributed by atoms with Gasteiger partial charge in [-0.2, -0.15) is 8.61 Å². The molecule has 0 bridgehead atoms. The molecule has 33 nitrogen and oxygen atoms in total. The van der Waals surface area contributed by atoms with Crippen LogP contribution in [0.2, 0.25) is 0 Å². The molecule has 0 radical (unpaired) electrons. The molecule has 2 unspecified atom stereocenters. The summed E-state index contributed by atoms with van der Waals surface area (Å²) in [7, 11) is -8.53. The van der Waals surface area contributed by atoms with E-state index in [4.69, 9.17) is 66.3 Å². The number of fused-ring (bicyclic) bond motifs is 4. The number of nitrogens with one attached hydrogen (secondary N) is 2. The summed E-state index contributed by atoms with van der Waals surface area (Å²) < 4.78 is 139. The molecule has 6 heterocycles. The van der Waals surface area contributed by atoms with E-state index in [0.29, 0.717) is 48.7 Å². The number of nitro benzene ring substituents is 2. The van der Waals surface area contributed by atoms with E-state index in [0.717, 1.165) is 20.7 Å². The third kappa shape index (κ3) is 19.2. The van der Waals surface area contributed by atoms with Crippen molar-refractivity contribution in [3.05, 3.63) is 164 Å². The third-order valence-corrected chi connectivity index (χ3v) is 23.1. The lowest BCUT2D eigenvalue weighted by Gasteiger charge is -2.31. The van der Waals surface area contributed by atoms with E-state index in [-0.39, 0.29) is 156 Å². The van der Waals surface area contributed by atoms with Gasteiger partial charge in [-0.1, -0.05) is 65.8 Å². The number of amides is 2. The summed E-state index contributed by atoms with van der Waals surface area (Å²) in [4.78, 5) is 64.8. The number of carbonyl (C=O) groups excluding carboxylic acids is 3. The Kier molecular flexibility index (Phi) is 25.5. The maximum Gasteiger partial charge on any atom is 0.519 e. The van der Waals surface area contributed by atoms with E-state index < -0.39 is 123 Å². The molecule has 110 heavy (non-hydrogen) atoms. The van der Waals surface area contributed by atoms with E-state index in [2.05, 4.69) is 10.6 Å². The number of carbonyl (C=O) groups is 3. The number of rotatable bonds is 34. The fourth-order valence-electron chi connectivity index (χ4n) is 13.9. The van der Waals surface area contributed by atoms with Crippen LogP contribution in [0.5, 0.6) is 46.0 Å². The Morgan fingerprint density at radius 2 is 0.900 bits per heavy atom. The number of hydrogen-bond acceptors (Lipinski definition) is 27. The van der Waals surface area contributed by atoms with Crippen LogP contribution in [0.3, 0.4) is 0 Å². The number of hydrogen-bond donors (Lipinski definition) is 4. The average molecular weight is 1570 g/mol. The molecule has 4 fully saturated rings. The molecule has 0 aromatic heterocycles. The van der Waals surface area contributed by atoms with Crippen molar-refractivity contribution in [1.82, 2.24) is 19.2 Å². The Balaban J connectivity index is 0.707. The summed E-state index contributed by atoms with van der Waals surface area (Å²) in [6, 6.07) is 26.2. The number of benzene rings is 6. The average Bonchev–Trinajstić information content (AvgIpc) is 1.57. The van der Waals surface area contributed by atoms with Gasteiger partial charge in [0.25, 0.3) is 11.4 Å². The van der Waals surface area contributed by atoms with Crippen LogP contribution >= 0.6 is 0 Å². The second-order valence-corrected chi connectivity index (χ2v) is 32.0. The highest BCUT2D eigenvalue weighted by atomic mass is 32.2. The zero-order valence-electron chi connectivity index (χ0n) is 61.1. The molecule has 2 amide bonds. The molecule has 6 aromatic rings. The van der Waals surface area contributed by atoms with Crippen molar-refractivity contribution in [2.75, 3.05) is 66.2 Å². The summed E-state index contributed by atoms with van der Waals surface area (Å²) in [5.41, 5.74) is 0.356. The van der Waals surface area contributed by atoms with E-state index in [9.17, 15) is 61.7 Å². The Bertz CT molecular complexity index is 4240. The highest BCUT2D eigenvalue weighted by Gasteiger charge is 2.46. The van der Waals surface area contributed by atoms with E-state index >= 15 is 0 Å². The second-order valence-electron chi connectivity index (χ2n) is 28.2. The molecule has 0 aliphatic carbocycles. The minimum atomic E-state index is -4.26. The minimum Gasteiger partial charge on any atom is -0.485 e. The van der Waals surface area contributed by atoms with Crippen molar-refractivity contribution in [3.8, 4) is 46.0 Å². The molecule has 6 aliphatic rings. The Labute approximate surface area is 634 Å². The van der Waals surface area contributed by atoms with E-state index in [1.165, 1.54) is 60.7 Å². The van der Waals surface area contributed by atoms with Crippen molar-refractivity contribution in [3.63, 3.8) is 0 Å². The summed E-state index contributed by atoms with van der Waals surface area (Å²) in [6.07, 6.45) is -9.04. The molecule has 592 valence electrons. The van der Waals surface area contributed by atoms with Gasteiger partial charge in [0.1, 0.15) is 47.4 Å². The van der Waals surface area contributed by atoms with Gasteiger partial charge in [0.15, 0.2) is 35.6 Å². The normalized spacial score (nSPS) is 20.7. The molecule has 6 aromatic carbocycles. The van der Waals surface area contributed by atoms with Crippen LogP contribution < -0.4 is 48.5 Å². The van der Waals surface area contributed by atoms with Crippen molar-refractivity contribution >= 4 is 49.8 Å². The Morgan fingerprint density at radius 1 is 0.518 bits per heavy atom. The first-order valence-corrected chi connectivity index (χ1v) is 39.1. The van der Waals surface area contributed by atoms with Gasteiger partial charge in [0.2, 0.25) is 33.6 Å². The maximum atomic E-state index is 14.3. The molecular weight excluding hydrogens is 1480 g/mol. The lowest BCUT2D eigenvalue weighted by Crippen LogP contribution is -2.51. The van der Waals surface area contributed by atoms with Crippen LogP contribution in [0.1, 0.15) is 102 Å². The van der Waals surface area contributed by atoms with Crippen LogP contribution in [0.15, 0.2) is 131 Å². The van der Waals surface area contributed by atoms with Gasteiger partial charge in [0, 0.05) is 50.4 Å². The standard InChI is InChI=1S/C75H88N6O27S2/c1-7-63(103-47-13-9-45(10-14-47)29-57(76-73(84)107-69-39-97-71-53(69)25-27-95-71)61(82)37-78(35-43(3)4)109(91,92)51-19-23-65-67(33-51)101-41-99-65)55-31-49(17-21-59(55)80(87)88)105-75(86)106-50-18-22-60(81(89)90)56(32-50)64(8-2)104-48-15-11-46(12-16-48)30-58(77-74(85)108-70-40-98-72-54(70)26-28-96-72)62(83)38-79(36-44(5)6)110(93,94)52-20-24-66-68(34-52)102-42-100-66/h9-24,31-34,43-44,53-54,57-58,61-64,69-72,82-83H,7-8,25-30,35-42H2,1-6H3,(H,76,84)(H,77,85)/t53-,54-,57-,58-,61+,62+,63?,64?,69-,70-,71+,72+/m0/s1. The number of nitro groups is 2. The van der Waals surface area contributed by atoms with Gasteiger partial charge < -0.3 is 87.2 Å². The van der Waals surface area contributed by atoms with Crippen molar-refractivity contribution in [2.24, 2.45) is 23.7 Å². The van der Waals surface area contributed by atoms with Crippen LogP contribution in [0, 0.1) is 43.9 Å². The maximum absolute atomic E-state index is 14.3. The molecule has 4 saturated heterocycles. The number of aliphatic hydroxyl groups is 2. The number of sulfonamides is 2. The van der Waals surface area contributed by atoms with Crippen molar-refractivity contribution < 1.29 is 118 Å². The quantitative estimate of drug-likeness (QED) is 0.0126. The SMILES string of the molecule is CCC(Oc1ccc(C[C@H](NC(=O)O[C@H]2CO[C@H]3OCC[C@H]32)[C@H](O)CN(CC(C)C)S(=O)(=O)c2ccc3c(c2)OCO3)cc1)c1cc(OC(=O)Oc2ccc([N+](=O)[O-])c(C(CC)Oc3ccc(C[C@H](NC(=O)O[C@H]4CO[C@H]5OCC[C@H]54)[C@H](O)CN(CC(C)C)S(=O)(=O)c4ccc5c(c4)OCO5)cc3)c2)ccc1[N+](=O)[O-]. The topological polar surface area (TPSA) is 406 Å². The van der Waals surface area contributed by atoms with Gasteiger partial charge in [-0.15, -0.1) is 0 Å². The van der Waals surface area contributed by atoms with Gasteiger partial charge in [-0.3, -0.25) is 20.2 Å². The molecule has 0 spiro atoms. The van der Waals surface area contributed by atoms with Crippen LogP contribution in [0.25, 0.3) is 0 Å². The lowest BCUT2D eigenvalue weighted by molar-refractivity contribution is -0.386. The number of aliphatic hydroxyl groups excluding tert-OH is 2. The van der Waals surface area contributed by atoms with Gasteiger partial charge >= 0.3 is 18.3 Å².